The van der Waals surface area contributed by atoms with E-state index < -0.39 is 0 Å². The Bertz CT molecular complexity index is 2110. The molecule has 0 saturated heterocycles. The zero-order valence-corrected chi connectivity index (χ0v) is 32.0. The van der Waals surface area contributed by atoms with E-state index >= 15 is 0 Å². The number of rotatable bonds is 8. The summed E-state index contributed by atoms with van der Waals surface area (Å²) < 4.78 is 43.7. The van der Waals surface area contributed by atoms with Crippen LogP contribution in [0.25, 0.3) is 0 Å². The monoisotopic (exact) mass is 731 g/mol. The number of nitrogens with zero attached hydrogens (tertiary/aromatic N) is 2. The summed E-state index contributed by atoms with van der Waals surface area (Å²) in [6.45, 7) is 2.92. The standard InChI is InChI=1S/C44H49N3O7/c1-46-17-15-29-23-38(49-4)40-24-33(29)35(46)20-27-9-12-30(13-10-27)53-39-22-28(11-14-37(39)48-3)21-36-41-32(16-18-47(36)2)34(26-45-25-31-8-7-19-52-31)42(50-5)44(51-6)43(41)54-40/h7-14,19,22-24,35-36,45H,15-18,20-21,25-26H2,1-6H3. The molecule has 4 aliphatic heterocycles. The van der Waals surface area contributed by atoms with Crippen molar-refractivity contribution in [1.29, 1.82) is 0 Å². The SMILES string of the molecule is COc1ccc2cc1Oc1ccc(cc1)CC1c3cc(c(OC)cc3CCN1C)Oc1c(OC)c(OC)c(CNCc3ccco3)c3c1C(C2)N(C)CC3. The topological polar surface area (TPSA) is 87.0 Å². The maximum Gasteiger partial charge on any atom is 0.204 e. The minimum Gasteiger partial charge on any atom is -0.493 e. The molecule has 0 saturated carbocycles. The quantitative estimate of drug-likeness (QED) is 0.169. The summed E-state index contributed by atoms with van der Waals surface area (Å²) >= 11 is 0. The lowest BCUT2D eigenvalue weighted by atomic mass is 9.84. The predicted molar refractivity (Wildman–Crippen MR) is 207 cm³/mol. The lowest BCUT2D eigenvalue weighted by Gasteiger charge is -2.38. The molecule has 5 heterocycles. The van der Waals surface area contributed by atoms with Gasteiger partial charge >= 0.3 is 0 Å². The van der Waals surface area contributed by atoms with Crippen molar-refractivity contribution >= 4 is 0 Å². The van der Waals surface area contributed by atoms with E-state index in [1.54, 1.807) is 34.7 Å². The Labute approximate surface area is 317 Å². The number of hydrogen-bond acceptors (Lipinski definition) is 10. The molecule has 6 bridgehead atoms. The van der Waals surface area contributed by atoms with Crippen LogP contribution in [0.5, 0.6) is 46.0 Å². The molecule has 9 rings (SSSR count). The van der Waals surface area contributed by atoms with Crippen LogP contribution in [0.2, 0.25) is 0 Å². The molecule has 0 aliphatic carbocycles. The van der Waals surface area contributed by atoms with Crippen molar-refractivity contribution in [1.82, 2.24) is 15.1 Å². The summed E-state index contributed by atoms with van der Waals surface area (Å²) in [6, 6.07) is 22.9. The molecule has 0 radical (unpaired) electrons. The lowest BCUT2D eigenvalue weighted by Crippen LogP contribution is -2.35. The average Bonchev–Trinajstić information content (AvgIpc) is 3.71. The summed E-state index contributed by atoms with van der Waals surface area (Å²) in [4.78, 5) is 4.83. The van der Waals surface area contributed by atoms with Crippen molar-refractivity contribution in [3.05, 3.63) is 118 Å². The third kappa shape index (κ3) is 6.74. The van der Waals surface area contributed by atoms with Gasteiger partial charge in [-0.05, 0) is 116 Å². The summed E-state index contributed by atoms with van der Waals surface area (Å²) in [5.74, 6) is 6.15. The number of fused-ring (bicyclic) bond motifs is 2. The molecule has 1 N–H and O–H groups in total. The molecule has 10 nitrogen and oxygen atoms in total. The molecule has 2 unspecified atom stereocenters. The minimum atomic E-state index is -0.0747. The van der Waals surface area contributed by atoms with Gasteiger partial charge in [0.15, 0.2) is 34.5 Å². The zero-order valence-electron chi connectivity index (χ0n) is 32.0. The maximum atomic E-state index is 7.21. The summed E-state index contributed by atoms with van der Waals surface area (Å²) in [5, 5.41) is 3.60. The molecule has 0 spiro atoms. The maximum absolute atomic E-state index is 7.21. The van der Waals surface area contributed by atoms with Gasteiger partial charge in [0.1, 0.15) is 11.5 Å². The fraction of sp³-hybridized carbons (Fsp3) is 0.364. The minimum absolute atomic E-state index is 0.0747. The van der Waals surface area contributed by atoms with Crippen LogP contribution in [0.1, 0.15) is 56.8 Å². The summed E-state index contributed by atoms with van der Waals surface area (Å²) in [6.07, 6.45) is 4.93. The highest BCUT2D eigenvalue weighted by Gasteiger charge is 2.37. The van der Waals surface area contributed by atoms with Crippen molar-refractivity contribution < 1.29 is 32.8 Å². The van der Waals surface area contributed by atoms with Crippen LogP contribution in [0.3, 0.4) is 0 Å². The van der Waals surface area contributed by atoms with E-state index in [9.17, 15) is 0 Å². The number of hydrogen-bond donors (Lipinski definition) is 1. The highest BCUT2D eigenvalue weighted by molar-refractivity contribution is 5.67. The molecule has 0 amide bonds. The van der Waals surface area contributed by atoms with E-state index in [4.69, 9.17) is 32.8 Å². The Morgan fingerprint density at radius 2 is 1.43 bits per heavy atom. The molecule has 4 aliphatic rings. The Balaban J connectivity index is 1.34. The van der Waals surface area contributed by atoms with Gasteiger partial charge in [0.25, 0.3) is 0 Å². The van der Waals surface area contributed by atoms with Gasteiger partial charge in [-0.25, -0.2) is 0 Å². The van der Waals surface area contributed by atoms with Crippen molar-refractivity contribution in [2.24, 2.45) is 0 Å². The third-order valence-electron chi connectivity index (χ3n) is 11.3. The molecule has 282 valence electrons. The van der Waals surface area contributed by atoms with Gasteiger partial charge in [-0.3, -0.25) is 9.80 Å². The number of likely N-dealkylation sites (N-methyl/N-ethyl adjacent to an activating group) is 2. The molecular weight excluding hydrogens is 682 g/mol. The van der Waals surface area contributed by atoms with Crippen LogP contribution in [-0.2, 0) is 38.8 Å². The Hall–Kier alpha value is -5.16. The first-order chi connectivity index (χ1) is 26.4. The summed E-state index contributed by atoms with van der Waals surface area (Å²) in [5.41, 5.74) is 8.12. The van der Waals surface area contributed by atoms with Crippen LogP contribution >= 0.6 is 0 Å². The fourth-order valence-electron chi connectivity index (χ4n) is 8.42. The summed E-state index contributed by atoms with van der Waals surface area (Å²) in [7, 11) is 11.1. The van der Waals surface area contributed by atoms with Gasteiger partial charge in [-0.15, -0.1) is 0 Å². The van der Waals surface area contributed by atoms with E-state index in [-0.39, 0.29) is 12.1 Å². The van der Waals surface area contributed by atoms with Gasteiger partial charge in [0.2, 0.25) is 5.75 Å². The predicted octanol–water partition coefficient (Wildman–Crippen LogP) is 8.05. The van der Waals surface area contributed by atoms with Crippen molar-refractivity contribution in [3.8, 4) is 46.0 Å². The van der Waals surface area contributed by atoms with E-state index in [0.717, 1.165) is 60.6 Å². The average molecular weight is 732 g/mol. The molecule has 5 aromatic rings. The molecule has 10 heteroatoms. The van der Waals surface area contributed by atoms with Gasteiger partial charge in [0.05, 0.1) is 41.2 Å². The lowest BCUT2D eigenvalue weighted by molar-refractivity contribution is 0.219. The van der Waals surface area contributed by atoms with Crippen LogP contribution in [-0.4, -0.2) is 65.4 Å². The zero-order chi connectivity index (χ0) is 37.3. The Kier molecular flexibility index (Phi) is 10.2. The second-order valence-corrected chi connectivity index (χ2v) is 14.4. The number of ether oxygens (including phenoxy) is 6. The van der Waals surface area contributed by atoms with Crippen molar-refractivity contribution in [3.63, 3.8) is 0 Å². The van der Waals surface area contributed by atoms with Crippen molar-refractivity contribution in [2.75, 3.05) is 55.6 Å². The molecule has 54 heavy (non-hydrogen) atoms. The third-order valence-corrected chi connectivity index (χ3v) is 11.3. The number of benzene rings is 4. The smallest absolute Gasteiger partial charge is 0.204 e. The molecule has 1 aromatic heterocycles. The van der Waals surface area contributed by atoms with Gasteiger partial charge in [0, 0.05) is 42.8 Å². The highest BCUT2D eigenvalue weighted by atomic mass is 16.5. The van der Waals surface area contributed by atoms with Gasteiger partial charge < -0.3 is 38.2 Å². The first-order valence-corrected chi connectivity index (χ1v) is 18.6. The van der Waals surface area contributed by atoms with Crippen LogP contribution in [0.15, 0.2) is 77.4 Å². The molecule has 4 aromatic carbocycles. The highest BCUT2D eigenvalue weighted by Crippen LogP contribution is 2.54. The molecule has 2 atom stereocenters. The van der Waals surface area contributed by atoms with Crippen LogP contribution < -0.4 is 33.7 Å². The van der Waals surface area contributed by atoms with E-state index in [0.29, 0.717) is 59.8 Å². The van der Waals surface area contributed by atoms with E-state index in [1.807, 2.05) is 18.2 Å². The number of nitrogens with one attached hydrogen (secondary N) is 1. The van der Waals surface area contributed by atoms with Crippen molar-refractivity contribution in [2.45, 2.75) is 50.9 Å². The van der Waals surface area contributed by atoms with Gasteiger partial charge in [-0.1, -0.05) is 18.2 Å². The normalized spacial score (nSPS) is 18.1. The Morgan fingerprint density at radius 1 is 0.704 bits per heavy atom. The fourth-order valence-corrected chi connectivity index (χ4v) is 8.42. The molecule has 0 fully saturated rings. The number of furan rings is 1. The number of methoxy groups -OCH3 is 4. The van der Waals surface area contributed by atoms with E-state index in [2.05, 4.69) is 77.7 Å². The largest absolute Gasteiger partial charge is 0.493 e. The van der Waals surface area contributed by atoms with E-state index in [1.165, 1.54) is 22.3 Å². The van der Waals surface area contributed by atoms with Gasteiger partial charge in [-0.2, -0.15) is 0 Å². The molecular formula is C44H49N3O7. The van der Waals surface area contributed by atoms with Crippen LogP contribution in [0, 0.1) is 0 Å². The Morgan fingerprint density at radius 3 is 2.17 bits per heavy atom. The first-order valence-electron chi connectivity index (χ1n) is 18.6. The first kappa shape index (κ1) is 35.8. The van der Waals surface area contributed by atoms with Crippen LogP contribution in [0.4, 0.5) is 0 Å². The second-order valence-electron chi connectivity index (χ2n) is 14.4. The second kappa shape index (κ2) is 15.3.